The molecular formula is C23H15ClF2N2O2. The summed E-state index contributed by atoms with van der Waals surface area (Å²) in [6, 6.07) is 16.1. The molecule has 0 spiro atoms. The van der Waals surface area contributed by atoms with Crippen LogP contribution in [0.3, 0.4) is 0 Å². The number of benzene rings is 3. The number of anilines is 2. The molecule has 30 heavy (non-hydrogen) atoms. The lowest BCUT2D eigenvalue weighted by Crippen LogP contribution is -2.32. The standard InChI is InChI=1S/C23H15ClF2N2O2/c1-13-2-8-16(9-3-13)27-21-20(14-4-6-15(25)7-5-14)22(29)28(23(21)30)17-10-11-19(26)18(24)12-17/h2-12,27H,1H3. The van der Waals surface area contributed by atoms with E-state index in [1.54, 1.807) is 12.1 Å². The first-order valence-corrected chi connectivity index (χ1v) is 9.40. The Hall–Kier alpha value is -3.51. The van der Waals surface area contributed by atoms with Crippen molar-refractivity contribution >= 4 is 40.4 Å². The van der Waals surface area contributed by atoms with E-state index in [-0.39, 0.29) is 22.0 Å². The molecule has 3 aromatic carbocycles. The SMILES string of the molecule is Cc1ccc(NC2=C(c3ccc(F)cc3)C(=O)N(c3ccc(F)c(Cl)c3)C2=O)cc1. The Labute approximate surface area is 176 Å². The number of rotatable bonds is 4. The summed E-state index contributed by atoms with van der Waals surface area (Å²) < 4.78 is 27.0. The lowest BCUT2D eigenvalue weighted by molar-refractivity contribution is -0.120. The zero-order valence-corrected chi connectivity index (χ0v) is 16.5. The summed E-state index contributed by atoms with van der Waals surface area (Å²) >= 11 is 5.84. The summed E-state index contributed by atoms with van der Waals surface area (Å²) in [4.78, 5) is 27.4. The fraction of sp³-hybridized carbons (Fsp3) is 0.0435. The van der Waals surface area contributed by atoms with Crippen LogP contribution in [0.1, 0.15) is 11.1 Å². The lowest BCUT2D eigenvalue weighted by Gasteiger charge is -2.16. The highest BCUT2D eigenvalue weighted by Gasteiger charge is 2.40. The molecule has 0 bridgehead atoms. The molecule has 0 unspecified atom stereocenters. The van der Waals surface area contributed by atoms with E-state index in [0.717, 1.165) is 16.5 Å². The Morgan fingerprint density at radius 3 is 2.17 bits per heavy atom. The Morgan fingerprint density at radius 1 is 0.867 bits per heavy atom. The molecule has 0 atom stereocenters. The van der Waals surface area contributed by atoms with Gasteiger partial charge in [-0.2, -0.15) is 0 Å². The Balaban J connectivity index is 1.82. The van der Waals surface area contributed by atoms with Crippen LogP contribution in [0.2, 0.25) is 5.02 Å². The second-order valence-electron chi connectivity index (χ2n) is 6.79. The third-order valence-electron chi connectivity index (χ3n) is 4.70. The molecule has 4 nitrogen and oxygen atoms in total. The topological polar surface area (TPSA) is 49.4 Å². The minimum atomic E-state index is -0.663. The van der Waals surface area contributed by atoms with Crippen LogP contribution in [-0.2, 0) is 9.59 Å². The van der Waals surface area contributed by atoms with Crippen molar-refractivity contribution in [1.82, 2.24) is 0 Å². The van der Waals surface area contributed by atoms with Crippen molar-refractivity contribution < 1.29 is 18.4 Å². The van der Waals surface area contributed by atoms with Gasteiger partial charge in [-0.05, 0) is 55.0 Å². The molecular weight excluding hydrogens is 410 g/mol. The Kier molecular flexibility index (Phi) is 5.10. The summed E-state index contributed by atoms with van der Waals surface area (Å²) in [6.45, 7) is 1.93. The molecule has 1 aliphatic heterocycles. The number of carbonyl (C=O) groups excluding carboxylic acids is 2. The van der Waals surface area contributed by atoms with E-state index in [1.165, 1.54) is 36.4 Å². The highest BCUT2D eigenvalue weighted by Crippen LogP contribution is 2.35. The average molecular weight is 425 g/mol. The molecule has 2 amide bonds. The molecule has 0 fully saturated rings. The maximum atomic E-state index is 13.6. The van der Waals surface area contributed by atoms with Gasteiger partial charge >= 0.3 is 0 Å². The van der Waals surface area contributed by atoms with Crippen molar-refractivity contribution in [3.05, 3.63) is 100 Å². The molecule has 0 saturated carbocycles. The average Bonchev–Trinajstić information content (AvgIpc) is 2.96. The fourth-order valence-corrected chi connectivity index (χ4v) is 3.34. The molecule has 1 N–H and O–H groups in total. The van der Waals surface area contributed by atoms with Crippen LogP contribution in [0.4, 0.5) is 20.2 Å². The zero-order chi connectivity index (χ0) is 21.4. The van der Waals surface area contributed by atoms with Crippen LogP contribution in [0.15, 0.2) is 72.4 Å². The number of carbonyl (C=O) groups is 2. The molecule has 0 aromatic heterocycles. The second-order valence-corrected chi connectivity index (χ2v) is 7.20. The maximum Gasteiger partial charge on any atom is 0.282 e. The van der Waals surface area contributed by atoms with E-state index in [1.807, 2.05) is 19.1 Å². The number of imide groups is 1. The largest absolute Gasteiger partial charge is 0.350 e. The van der Waals surface area contributed by atoms with E-state index < -0.39 is 23.4 Å². The quantitative estimate of drug-likeness (QED) is 0.576. The molecule has 1 aliphatic rings. The molecule has 1 heterocycles. The van der Waals surface area contributed by atoms with Crippen molar-refractivity contribution in [2.24, 2.45) is 0 Å². The van der Waals surface area contributed by atoms with Gasteiger partial charge in [0, 0.05) is 5.69 Å². The van der Waals surface area contributed by atoms with Crippen LogP contribution >= 0.6 is 11.6 Å². The molecule has 150 valence electrons. The maximum absolute atomic E-state index is 13.6. The van der Waals surface area contributed by atoms with Crippen molar-refractivity contribution in [1.29, 1.82) is 0 Å². The third-order valence-corrected chi connectivity index (χ3v) is 4.99. The summed E-state index contributed by atoms with van der Waals surface area (Å²) in [5.74, 6) is -2.37. The first-order valence-electron chi connectivity index (χ1n) is 9.03. The summed E-state index contributed by atoms with van der Waals surface area (Å²) in [5, 5.41) is 2.79. The number of aryl methyl sites for hydroxylation is 1. The molecule has 0 radical (unpaired) electrons. The van der Waals surface area contributed by atoms with Gasteiger partial charge in [0.15, 0.2) is 0 Å². The van der Waals surface area contributed by atoms with Crippen molar-refractivity contribution in [3.63, 3.8) is 0 Å². The van der Waals surface area contributed by atoms with Gasteiger partial charge in [-0.15, -0.1) is 0 Å². The molecule has 4 rings (SSSR count). The van der Waals surface area contributed by atoms with E-state index in [2.05, 4.69) is 5.32 Å². The van der Waals surface area contributed by atoms with E-state index in [4.69, 9.17) is 11.6 Å². The zero-order valence-electron chi connectivity index (χ0n) is 15.7. The fourth-order valence-electron chi connectivity index (χ4n) is 3.17. The predicted octanol–water partition coefficient (Wildman–Crippen LogP) is 5.32. The molecule has 0 saturated heterocycles. The van der Waals surface area contributed by atoms with Crippen molar-refractivity contribution in [3.8, 4) is 0 Å². The normalized spacial score (nSPS) is 13.9. The predicted molar refractivity (Wildman–Crippen MR) is 112 cm³/mol. The van der Waals surface area contributed by atoms with Gasteiger partial charge in [0.25, 0.3) is 11.8 Å². The van der Waals surface area contributed by atoms with Gasteiger partial charge < -0.3 is 5.32 Å². The minimum Gasteiger partial charge on any atom is -0.350 e. The number of nitrogens with zero attached hydrogens (tertiary/aromatic N) is 1. The first kappa shape index (κ1) is 19.8. The van der Waals surface area contributed by atoms with Gasteiger partial charge in [-0.25, -0.2) is 13.7 Å². The lowest BCUT2D eigenvalue weighted by atomic mass is 10.0. The summed E-state index contributed by atoms with van der Waals surface area (Å²) in [6.07, 6.45) is 0. The van der Waals surface area contributed by atoms with Gasteiger partial charge in [0.05, 0.1) is 16.3 Å². The highest BCUT2D eigenvalue weighted by atomic mass is 35.5. The Morgan fingerprint density at radius 2 is 1.53 bits per heavy atom. The number of halogens is 3. The summed E-state index contributed by atoms with van der Waals surface area (Å²) in [5.41, 5.74) is 2.27. The van der Waals surface area contributed by atoms with Crippen LogP contribution in [0.5, 0.6) is 0 Å². The third kappa shape index (κ3) is 3.57. The van der Waals surface area contributed by atoms with Gasteiger partial charge in [-0.1, -0.05) is 41.4 Å². The number of hydrogen-bond donors (Lipinski definition) is 1. The number of nitrogens with one attached hydrogen (secondary N) is 1. The molecule has 0 aliphatic carbocycles. The monoisotopic (exact) mass is 424 g/mol. The Bertz CT molecular complexity index is 1190. The van der Waals surface area contributed by atoms with Crippen molar-refractivity contribution in [2.75, 3.05) is 10.2 Å². The number of amides is 2. The molecule has 7 heteroatoms. The van der Waals surface area contributed by atoms with E-state index >= 15 is 0 Å². The number of hydrogen-bond acceptors (Lipinski definition) is 3. The highest BCUT2D eigenvalue weighted by molar-refractivity contribution is 6.46. The van der Waals surface area contributed by atoms with Crippen molar-refractivity contribution in [2.45, 2.75) is 6.92 Å². The second kappa shape index (κ2) is 7.72. The van der Waals surface area contributed by atoms with E-state index in [9.17, 15) is 18.4 Å². The van der Waals surface area contributed by atoms with Crippen LogP contribution in [0.25, 0.3) is 5.57 Å². The molecule has 3 aromatic rings. The first-order chi connectivity index (χ1) is 14.3. The van der Waals surface area contributed by atoms with Crippen LogP contribution in [0, 0.1) is 18.6 Å². The van der Waals surface area contributed by atoms with Gasteiger partial charge in [-0.3, -0.25) is 9.59 Å². The smallest absolute Gasteiger partial charge is 0.282 e. The van der Waals surface area contributed by atoms with E-state index in [0.29, 0.717) is 11.3 Å². The minimum absolute atomic E-state index is 0.0379. The van der Waals surface area contributed by atoms with Crippen LogP contribution in [-0.4, -0.2) is 11.8 Å². The van der Waals surface area contributed by atoms with Gasteiger partial charge in [0.2, 0.25) is 0 Å². The van der Waals surface area contributed by atoms with Gasteiger partial charge in [0.1, 0.15) is 17.3 Å². The van der Waals surface area contributed by atoms with Crippen LogP contribution < -0.4 is 10.2 Å². The summed E-state index contributed by atoms with van der Waals surface area (Å²) in [7, 11) is 0.